The van der Waals surface area contributed by atoms with E-state index in [0.29, 0.717) is 23.2 Å². The van der Waals surface area contributed by atoms with Gasteiger partial charge in [-0.25, -0.2) is 9.97 Å². The first-order chi connectivity index (χ1) is 12.1. The number of hydrogen-bond acceptors (Lipinski definition) is 5. The van der Waals surface area contributed by atoms with Gasteiger partial charge in [0.25, 0.3) is 11.8 Å². The average Bonchev–Trinajstić information content (AvgIpc) is 3.46. The number of anilines is 1. The molecule has 1 aromatic heterocycles. The van der Waals surface area contributed by atoms with Crippen molar-refractivity contribution in [2.45, 2.75) is 18.9 Å². The van der Waals surface area contributed by atoms with Crippen molar-refractivity contribution in [2.75, 3.05) is 11.9 Å². The molecule has 1 heterocycles. The first kappa shape index (κ1) is 17.3. The molecule has 25 heavy (non-hydrogen) atoms. The van der Waals surface area contributed by atoms with Gasteiger partial charge in [0.1, 0.15) is 0 Å². The molecule has 1 aromatic carbocycles. The highest BCUT2D eigenvalue weighted by Crippen LogP contribution is 2.32. The van der Waals surface area contributed by atoms with Crippen LogP contribution in [0.15, 0.2) is 36.7 Å². The molecule has 1 aliphatic rings. The van der Waals surface area contributed by atoms with Gasteiger partial charge in [0, 0.05) is 35.7 Å². The van der Waals surface area contributed by atoms with Crippen LogP contribution in [0.25, 0.3) is 0 Å². The topological polar surface area (TPSA) is 110 Å². The first-order valence-electron chi connectivity index (χ1n) is 7.97. The summed E-state index contributed by atoms with van der Waals surface area (Å²) < 4.78 is 0. The minimum atomic E-state index is -0.517. The summed E-state index contributed by atoms with van der Waals surface area (Å²) in [5.41, 5.74) is 6.20. The first-order valence-corrected chi connectivity index (χ1v) is 8.35. The quantitative estimate of drug-likeness (QED) is 0.729. The smallest absolute Gasteiger partial charge is 0.276 e. The van der Waals surface area contributed by atoms with Crippen LogP contribution in [-0.4, -0.2) is 34.4 Å². The van der Waals surface area contributed by atoms with Crippen molar-refractivity contribution < 1.29 is 9.59 Å². The van der Waals surface area contributed by atoms with Crippen LogP contribution in [0, 0.1) is 5.92 Å². The summed E-state index contributed by atoms with van der Waals surface area (Å²) in [6.07, 6.45) is 4.84. The number of nitrogens with one attached hydrogen (secondary N) is 2. The molecule has 2 aromatic rings. The molecule has 2 amide bonds. The van der Waals surface area contributed by atoms with Gasteiger partial charge in [0.15, 0.2) is 11.4 Å². The predicted molar refractivity (Wildman–Crippen MR) is 94.5 cm³/mol. The summed E-state index contributed by atoms with van der Waals surface area (Å²) in [5, 5.41) is 6.09. The highest BCUT2D eigenvalue weighted by molar-refractivity contribution is 6.30. The number of carbonyl (C=O) groups excluding carboxylic acids is 2. The van der Waals surface area contributed by atoms with Crippen LogP contribution in [0.4, 0.5) is 5.69 Å². The molecule has 0 spiro atoms. The van der Waals surface area contributed by atoms with Crippen LogP contribution < -0.4 is 16.4 Å². The lowest BCUT2D eigenvalue weighted by Crippen LogP contribution is -2.42. The van der Waals surface area contributed by atoms with E-state index in [9.17, 15) is 9.59 Å². The monoisotopic (exact) mass is 359 g/mol. The van der Waals surface area contributed by atoms with Crippen LogP contribution in [-0.2, 0) is 0 Å². The molecule has 1 fully saturated rings. The summed E-state index contributed by atoms with van der Waals surface area (Å²) in [4.78, 5) is 33.0. The van der Waals surface area contributed by atoms with E-state index in [4.69, 9.17) is 17.3 Å². The Balaban J connectivity index is 1.76. The average molecular weight is 360 g/mol. The number of carbonyl (C=O) groups is 2. The van der Waals surface area contributed by atoms with Crippen LogP contribution in [0.2, 0.25) is 5.02 Å². The van der Waals surface area contributed by atoms with Crippen LogP contribution >= 0.6 is 11.6 Å². The van der Waals surface area contributed by atoms with Crippen molar-refractivity contribution >= 4 is 29.1 Å². The maximum atomic E-state index is 12.5. The number of amides is 2. The summed E-state index contributed by atoms with van der Waals surface area (Å²) in [6.45, 7) is 0.350. The maximum Gasteiger partial charge on any atom is 0.276 e. The Hall–Kier alpha value is -2.51. The highest BCUT2D eigenvalue weighted by Gasteiger charge is 2.32. The summed E-state index contributed by atoms with van der Waals surface area (Å²) in [6, 6.07) is 6.52. The lowest BCUT2D eigenvalue weighted by atomic mass is 10.1. The lowest BCUT2D eigenvalue weighted by Gasteiger charge is -2.16. The predicted octanol–water partition coefficient (Wildman–Crippen LogP) is 1.85. The lowest BCUT2D eigenvalue weighted by molar-refractivity contribution is 0.0915. The van der Waals surface area contributed by atoms with Crippen LogP contribution in [0.5, 0.6) is 0 Å². The van der Waals surface area contributed by atoms with E-state index >= 15 is 0 Å². The van der Waals surface area contributed by atoms with Gasteiger partial charge in [-0.15, -0.1) is 0 Å². The van der Waals surface area contributed by atoms with Gasteiger partial charge in [-0.1, -0.05) is 11.6 Å². The normalized spacial score (nSPS) is 14.6. The minimum absolute atomic E-state index is 0.0203. The second-order valence-corrected chi connectivity index (χ2v) is 6.30. The molecule has 3 rings (SSSR count). The third kappa shape index (κ3) is 4.32. The number of nitrogens with two attached hydrogens (primary N) is 1. The second kappa shape index (κ2) is 7.58. The molecule has 1 atom stereocenters. The Morgan fingerprint density at radius 3 is 2.28 bits per heavy atom. The zero-order chi connectivity index (χ0) is 17.8. The summed E-state index contributed by atoms with van der Waals surface area (Å²) in [5.74, 6) is -0.565. The molecular formula is C17H18ClN5O2. The molecule has 7 nitrogen and oxygen atoms in total. The van der Waals surface area contributed by atoms with E-state index in [-0.39, 0.29) is 17.4 Å². The summed E-state index contributed by atoms with van der Waals surface area (Å²) >= 11 is 5.83. The van der Waals surface area contributed by atoms with E-state index < -0.39 is 11.8 Å². The number of nitrogens with zero attached hydrogens (tertiary/aromatic N) is 2. The number of hydrogen-bond donors (Lipinski definition) is 3. The summed E-state index contributed by atoms with van der Waals surface area (Å²) in [7, 11) is 0. The third-order valence-corrected chi connectivity index (χ3v) is 4.24. The molecule has 1 saturated carbocycles. The Morgan fingerprint density at radius 2 is 1.72 bits per heavy atom. The standard InChI is InChI=1S/C17H18ClN5O2/c18-11-3-5-12(6-4-11)22-16(24)14-15(21-8-7-20-14)17(25)23-13(9-19)10-1-2-10/h3-8,10,13H,1-2,9,19H2,(H,22,24)(H,23,25). The molecule has 0 aliphatic heterocycles. The number of benzene rings is 1. The van der Waals surface area contributed by atoms with Gasteiger partial charge in [-0.05, 0) is 43.0 Å². The maximum absolute atomic E-state index is 12.5. The number of halogens is 1. The van der Waals surface area contributed by atoms with Crippen LogP contribution in [0.3, 0.4) is 0 Å². The van der Waals surface area contributed by atoms with E-state index in [1.165, 1.54) is 12.4 Å². The Bertz CT molecular complexity index is 777. The van der Waals surface area contributed by atoms with Gasteiger partial charge < -0.3 is 16.4 Å². The molecule has 4 N–H and O–H groups in total. The Labute approximate surface area is 150 Å². The molecule has 0 bridgehead atoms. The molecule has 1 aliphatic carbocycles. The second-order valence-electron chi connectivity index (χ2n) is 5.87. The zero-order valence-corrected chi connectivity index (χ0v) is 14.2. The largest absolute Gasteiger partial charge is 0.346 e. The van der Waals surface area contributed by atoms with Gasteiger partial charge in [0.05, 0.1) is 0 Å². The fourth-order valence-corrected chi connectivity index (χ4v) is 2.62. The van der Waals surface area contributed by atoms with Crippen molar-refractivity contribution in [1.29, 1.82) is 0 Å². The molecule has 1 unspecified atom stereocenters. The van der Waals surface area contributed by atoms with E-state index in [1.807, 2.05) is 0 Å². The molecule has 130 valence electrons. The van der Waals surface area contributed by atoms with Crippen molar-refractivity contribution in [3.05, 3.63) is 53.1 Å². The molecule has 0 radical (unpaired) electrons. The molecule has 0 saturated heterocycles. The van der Waals surface area contributed by atoms with Gasteiger partial charge in [-0.2, -0.15) is 0 Å². The zero-order valence-electron chi connectivity index (χ0n) is 13.4. The van der Waals surface area contributed by atoms with Crippen molar-refractivity contribution in [3.8, 4) is 0 Å². The Morgan fingerprint density at radius 1 is 1.12 bits per heavy atom. The fourth-order valence-electron chi connectivity index (χ4n) is 2.50. The number of rotatable bonds is 6. The van der Waals surface area contributed by atoms with E-state index in [1.54, 1.807) is 24.3 Å². The molecular weight excluding hydrogens is 342 g/mol. The number of aromatic nitrogens is 2. The van der Waals surface area contributed by atoms with Crippen molar-refractivity contribution in [3.63, 3.8) is 0 Å². The molecule has 8 heteroatoms. The van der Waals surface area contributed by atoms with Gasteiger partial charge in [0.2, 0.25) is 0 Å². The highest BCUT2D eigenvalue weighted by atomic mass is 35.5. The minimum Gasteiger partial charge on any atom is -0.346 e. The van der Waals surface area contributed by atoms with Crippen molar-refractivity contribution in [1.82, 2.24) is 15.3 Å². The Kier molecular flexibility index (Phi) is 5.25. The van der Waals surface area contributed by atoms with Crippen LogP contribution in [0.1, 0.15) is 33.8 Å². The third-order valence-electron chi connectivity index (χ3n) is 3.99. The van der Waals surface area contributed by atoms with Crippen molar-refractivity contribution in [2.24, 2.45) is 11.7 Å². The SMILES string of the molecule is NCC(NC(=O)c1nccnc1C(=O)Nc1ccc(Cl)cc1)C1CC1. The van der Waals surface area contributed by atoms with E-state index in [0.717, 1.165) is 12.8 Å². The van der Waals surface area contributed by atoms with E-state index in [2.05, 4.69) is 20.6 Å². The van der Waals surface area contributed by atoms with Gasteiger partial charge in [-0.3, -0.25) is 9.59 Å². The fraction of sp³-hybridized carbons (Fsp3) is 0.294. The van der Waals surface area contributed by atoms with Gasteiger partial charge >= 0.3 is 0 Å².